The molecule has 4 rings (SSSR count). The number of benzene rings is 2. The van der Waals surface area contributed by atoms with Gasteiger partial charge >= 0.3 is 5.69 Å². The normalized spacial score (nSPS) is 11.4. The lowest BCUT2D eigenvalue weighted by molar-refractivity contribution is -0.111. The Morgan fingerprint density at radius 1 is 1.00 bits per heavy atom. The van der Waals surface area contributed by atoms with E-state index in [0.29, 0.717) is 43.9 Å². The maximum atomic E-state index is 12.1. The summed E-state index contributed by atoms with van der Waals surface area (Å²) in [5.74, 6) is 0.741. The molecular weight excluding hydrogens is 401 g/mol. The molecule has 0 fully saturated rings. The lowest BCUT2D eigenvalue weighted by Gasteiger charge is -2.02. The average molecular weight is 414 g/mol. The van der Waals surface area contributed by atoms with Crippen molar-refractivity contribution in [2.75, 3.05) is 5.32 Å². The van der Waals surface area contributed by atoms with Crippen molar-refractivity contribution >= 4 is 51.9 Å². The van der Waals surface area contributed by atoms with E-state index in [-0.39, 0.29) is 11.6 Å². The summed E-state index contributed by atoms with van der Waals surface area (Å²) in [6, 6.07) is 13.7. The molecule has 0 aliphatic rings. The number of aromatic nitrogens is 2. The van der Waals surface area contributed by atoms with Gasteiger partial charge in [0.15, 0.2) is 0 Å². The molecule has 2 aromatic carbocycles. The van der Waals surface area contributed by atoms with Crippen molar-refractivity contribution in [2.24, 2.45) is 0 Å². The molecule has 0 aliphatic heterocycles. The first-order valence-electron chi connectivity index (χ1n) is 8.24. The third-order valence-corrected chi connectivity index (χ3v) is 4.55. The molecule has 0 atom stereocenters. The van der Waals surface area contributed by atoms with E-state index in [1.807, 2.05) is 0 Å². The molecule has 4 aromatic rings. The fourth-order valence-electron chi connectivity index (χ4n) is 2.73. The van der Waals surface area contributed by atoms with E-state index in [0.717, 1.165) is 0 Å². The van der Waals surface area contributed by atoms with Crippen molar-refractivity contribution in [2.45, 2.75) is 0 Å². The Morgan fingerprint density at radius 2 is 1.82 bits per heavy atom. The highest BCUT2D eigenvalue weighted by atomic mass is 35.5. The highest BCUT2D eigenvalue weighted by Gasteiger charge is 2.09. The standard InChI is InChI=1S/C20H13Cl2N3O3/c21-11-1-5-14(15(22)9-11)18-7-3-13(28-18)4-8-19(26)23-12-2-6-16-17(10-12)25-20(27)24-16/h1-10H,(H,23,26)(H2,24,25,27)/b8-4+. The van der Waals surface area contributed by atoms with Crippen LogP contribution in [0.25, 0.3) is 28.4 Å². The molecule has 2 heterocycles. The largest absolute Gasteiger partial charge is 0.457 e. The summed E-state index contributed by atoms with van der Waals surface area (Å²) in [5.41, 5.74) is 2.26. The van der Waals surface area contributed by atoms with Crippen LogP contribution >= 0.6 is 23.2 Å². The zero-order valence-electron chi connectivity index (χ0n) is 14.3. The zero-order valence-corrected chi connectivity index (χ0v) is 15.8. The summed E-state index contributed by atoms with van der Waals surface area (Å²) in [4.78, 5) is 28.7. The molecule has 0 aliphatic carbocycles. The number of hydrogen-bond donors (Lipinski definition) is 3. The minimum Gasteiger partial charge on any atom is -0.457 e. The third kappa shape index (κ3) is 3.88. The first kappa shape index (κ1) is 18.2. The molecule has 0 bridgehead atoms. The smallest absolute Gasteiger partial charge is 0.323 e. The lowest BCUT2D eigenvalue weighted by Crippen LogP contribution is -2.07. The molecule has 6 nitrogen and oxygen atoms in total. The van der Waals surface area contributed by atoms with E-state index >= 15 is 0 Å². The van der Waals surface area contributed by atoms with Gasteiger partial charge in [0.1, 0.15) is 11.5 Å². The maximum absolute atomic E-state index is 12.1. The van der Waals surface area contributed by atoms with Crippen molar-refractivity contribution < 1.29 is 9.21 Å². The van der Waals surface area contributed by atoms with Crippen molar-refractivity contribution in [1.29, 1.82) is 0 Å². The molecule has 140 valence electrons. The summed E-state index contributed by atoms with van der Waals surface area (Å²) in [5, 5.41) is 3.75. The molecule has 0 radical (unpaired) electrons. The van der Waals surface area contributed by atoms with Gasteiger partial charge in [0.25, 0.3) is 0 Å². The highest BCUT2D eigenvalue weighted by Crippen LogP contribution is 2.31. The highest BCUT2D eigenvalue weighted by molar-refractivity contribution is 6.36. The monoisotopic (exact) mass is 413 g/mol. The Morgan fingerprint density at radius 3 is 2.64 bits per heavy atom. The molecule has 1 amide bonds. The van der Waals surface area contributed by atoms with Gasteiger partial charge in [0.05, 0.1) is 16.1 Å². The van der Waals surface area contributed by atoms with E-state index in [9.17, 15) is 9.59 Å². The zero-order chi connectivity index (χ0) is 19.7. The van der Waals surface area contributed by atoms with E-state index in [1.54, 1.807) is 54.6 Å². The topological polar surface area (TPSA) is 90.9 Å². The van der Waals surface area contributed by atoms with Crippen LogP contribution in [0.1, 0.15) is 5.76 Å². The lowest BCUT2D eigenvalue weighted by atomic mass is 10.2. The Kier molecular flexibility index (Phi) is 4.81. The van der Waals surface area contributed by atoms with Gasteiger partial charge in [-0.05, 0) is 54.6 Å². The Balaban J connectivity index is 1.47. The van der Waals surface area contributed by atoms with Crippen LogP contribution < -0.4 is 11.0 Å². The van der Waals surface area contributed by atoms with Gasteiger partial charge < -0.3 is 19.7 Å². The third-order valence-electron chi connectivity index (χ3n) is 4.01. The molecule has 0 unspecified atom stereocenters. The van der Waals surface area contributed by atoms with E-state index in [1.165, 1.54) is 6.08 Å². The number of nitrogens with one attached hydrogen (secondary N) is 3. The Bertz CT molecular complexity index is 1270. The number of aromatic amines is 2. The first-order chi connectivity index (χ1) is 13.5. The molecule has 0 saturated carbocycles. The van der Waals surface area contributed by atoms with Crippen LogP contribution in [0.5, 0.6) is 0 Å². The summed E-state index contributed by atoms with van der Waals surface area (Å²) in [7, 11) is 0. The van der Waals surface area contributed by atoms with Crippen LogP contribution in [0.15, 0.2) is 63.8 Å². The van der Waals surface area contributed by atoms with Crippen LogP contribution in [0, 0.1) is 0 Å². The number of anilines is 1. The molecule has 3 N–H and O–H groups in total. The van der Waals surface area contributed by atoms with Gasteiger partial charge in [-0.2, -0.15) is 0 Å². The van der Waals surface area contributed by atoms with E-state index in [2.05, 4.69) is 15.3 Å². The number of halogens is 2. The van der Waals surface area contributed by atoms with Gasteiger partial charge in [-0.3, -0.25) is 4.79 Å². The predicted molar refractivity (Wildman–Crippen MR) is 111 cm³/mol. The number of hydrogen-bond acceptors (Lipinski definition) is 3. The van der Waals surface area contributed by atoms with Gasteiger partial charge in [-0.15, -0.1) is 0 Å². The molecule has 8 heteroatoms. The second kappa shape index (κ2) is 7.42. The fourth-order valence-corrected chi connectivity index (χ4v) is 3.23. The number of fused-ring (bicyclic) bond motifs is 1. The molecule has 28 heavy (non-hydrogen) atoms. The number of furan rings is 1. The van der Waals surface area contributed by atoms with Crippen LogP contribution in [-0.4, -0.2) is 15.9 Å². The van der Waals surface area contributed by atoms with Gasteiger partial charge in [-0.1, -0.05) is 23.2 Å². The van der Waals surface area contributed by atoms with Crippen LogP contribution in [-0.2, 0) is 4.79 Å². The van der Waals surface area contributed by atoms with E-state index in [4.69, 9.17) is 27.6 Å². The Hall–Kier alpha value is -3.22. The second-order valence-corrected chi connectivity index (χ2v) is 6.83. The fraction of sp³-hybridized carbons (Fsp3) is 0. The number of carbonyl (C=O) groups excluding carboxylic acids is 1. The second-order valence-electron chi connectivity index (χ2n) is 5.99. The Labute approximate surface area is 168 Å². The quantitative estimate of drug-likeness (QED) is 0.407. The van der Waals surface area contributed by atoms with Crippen LogP contribution in [0.4, 0.5) is 5.69 Å². The van der Waals surface area contributed by atoms with Crippen molar-refractivity contribution in [3.05, 3.63) is 80.9 Å². The molecule has 0 spiro atoms. The number of carbonyl (C=O) groups is 1. The van der Waals surface area contributed by atoms with Crippen molar-refractivity contribution in [3.63, 3.8) is 0 Å². The van der Waals surface area contributed by atoms with Crippen molar-refractivity contribution in [1.82, 2.24) is 9.97 Å². The van der Waals surface area contributed by atoms with E-state index < -0.39 is 0 Å². The van der Waals surface area contributed by atoms with Crippen LogP contribution in [0.3, 0.4) is 0 Å². The minimum absolute atomic E-state index is 0.298. The van der Waals surface area contributed by atoms with Gasteiger partial charge in [0, 0.05) is 22.3 Å². The predicted octanol–water partition coefficient (Wildman–Crippen LogP) is 5.07. The van der Waals surface area contributed by atoms with Gasteiger partial charge in [0.2, 0.25) is 5.91 Å². The number of rotatable bonds is 4. The molecule has 0 saturated heterocycles. The summed E-state index contributed by atoms with van der Waals surface area (Å²) >= 11 is 12.1. The number of imidazole rings is 1. The average Bonchev–Trinajstić information content (AvgIpc) is 3.25. The van der Waals surface area contributed by atoms with Crippen LogP contribution in [0.2, 0.25) is 10.0 Å². The van der Waals surface area contributed by atoms with Crippen molar-refractivity contribution in [3.8, 4) is 11.3 Å². The number of H-pyrrole nitrogens is 2. The van der Waals surface area contributed by atoms with Gasteiger partial charge in [-0.25, -0.2) is 4.79 Å². The summed E-state index contributed by atoms with van der Waals surface area (Å²) < 4.78 is 5.71. The summed E-state index contributed by atoms with van der Waals surface area (Å²) in [6.45, 7) is 0. The minimum atomic E-state index is -0.334. The molecule has 2 aromatic heterocycles. The molecular formula is C20H13Cl2N3O3. The summed E-state index contributed by atoms with van der Waals surface area (Å²) in [6.07, 6.45) is 2.91. The SMILES string of the molecule is O=C(/C=C/c1ccc(-c2ccc(Cl)cc2Cl)o1)Nc1ccc2[nH]c(=O)[nH]c2c1. The maximum Gasteiger partial charge on any atom is 0.323 e. The number of amides is 1. The first-order valence-corrected chi connectivity index (χ1v) is 9.00.